The Morgan fingerprint density at radius 1 is 1.67 bits per heavy atom. The van der Waals surface area contributed by atoms with Gasteiger partial charge >= 0.3 is 11.7 Å². The Bertz CT molecular complexity index is 85.9. The molecule has 0 aliphatic carbocycles. The average molecular weight is 163 g/mol. The first-order valence-electron chi connectivity index (χ1n) is 2.30. The van der Waals surface area contributed by atoms with Crippen LogP contribution in [0.15, 0.2) is 0 Å². The lowest BCUT2D eigenvalue weighted by Crippen LogP contribution is -2.28. The Morgan fingerprint density at radius 3 is 2.22 bits per heavy atom. The second-order valence-corrected chi connectivity index (χ2v) is 1.81. The molecule has 0 aliphatic rings. The largest absolute Gasteiger partial charge is 0.347 e. The highest BCUT2D eigenvalue weighted by atomic mass is 35.5. The fourth-order valence-corrected chi connectivity index (χ4v) is 0.365. The van der Waals surface area contributed by atoms with Crippen LogP contribution in [-0.4, -0.2) is 18.3 Å². The van der Waals surface area contributed by atoms with Crippen molar-refractivity contribution in [2.24, 2.45) is 0 Å². The first-order chi connectivity index (χ1) is 4.00. The lowest BCUT2D eigenvalue weighted by Gasteiger charge is -2.15. The quantitative estimate of drug-likeness (QED) is 0.578. The molecule has 0 heterocycles. The van der Waals surface area contributed by atoms with Gasteiger partial charge < -0.3 is 4.74 Å². The number of hydrogen-bond acceptors (Lipinski definition) is 1. The van der Waals surface area contributed by atoms with Gasteiger partial charge in [0.1, 0.15) is 0 Å². The van der Waals surface area contributed by atoms with E-state index in [2.05, 4.69) is 16.3 Å². The summed E-state index contributed by atoms with van der Waals surface area (Å²) in [6.07, 6.45) is -3.31. The monoisotopic (exact) mass is 162 g/mol. The lowest BCUT2D eigenvalue weighted by molar-refractivity contribution is -0.159. The predicted molar refractivity (Wildman–Crippen MR) is 27.3 cm³/mol. The Balaban J connectivity index is 3.70. The molecule has 0 aromatic rings. The van der Waals surface area contributed by atoms with Gasteiger partial charge in [0.05, 0.1) is 0 Å². The van der Waals surface area contributed by atoms with E-state index in [4.69, 9.17) is 0 Å². The van der Waals surface area contributed by atoms with Crippen molar-refractivity contribution in [3.05, 3.63) is 0 Å². The van der Waals surface area contributed by atoms with E-state index >= 15 is 0 Å². The van der Waals surface area contributed by atoms with Crippen LogP contribution in [0.2, 0.25) is 0 Å². The van der Waals surface area contributed by atoms with Crippen LogP contribution in [0, 0.1) is 0 Å². The number of rotatable bonds is 3. The Morgan fingerprint density at radius 2 is 2.11 bits per heavy atom. The zero-order valence-electron chi connectivity index (χ0n) is 4.70. The molecule has 9 heavy (non-hydrogen) atoms. The van der Waals surface area contributed by atoms with Crippen LogP contribution in [0.3, 0.4) is 0 Å². The number of alkyl halides is 4. The summed E-state index contributed by atoms with van der Waals surface area (Å²) in [6.45, 7) is 1.20. The molecule has 1 atom stereocenters. The minimum absolute atomic E-state index is 0.176. The molecule has 1 unspecified atom stereocenters. The van der Waals surface area contributed by atoms with Gasteiger partial charge in [0, 0.05) is 6.61 Å². The lowest BCUT2D eigenvalue weighted by atomic mass is 10.7. The van der Waals surface area contributed by atoms with E-state index in [9.17, 15) is 13.2 Å². The number of ether oxygens (including phenoxy) is 1. The topological polar surface area (TPSA) is 9.23 Å². The molecule has 0 spiro atoms. The third-order valence-corrected chi connectivity index (χ3v) is 0.865. The summed E-state index contributed by atoms with van der Waals surface area (Å²) < 4.78 is 38.6. The molecule has 0 aromatic heterocycles. The molecule has 0 fully saturated rings. The van der Waals surface area contributed by atoms with E-state index in [1.807, 2.05) is 0 Å². The summed E-state index contributed by atoms with van der Waals surface area (Å²) in [6, 6.07) is 0. The van der Waals surface area contributed by atoms with Crippen molar-refractivity contribution in [1.29, 1.82) is 0 Å². The molecule has 0 saturated heterocycles. The summed E-state index contributed by atoms with van der Waals surface area (Å²) in [5.41, 5.74) is 0. The summed E-state index contributed by atoms with van der Waals surface area (Å²) >= 11 is 4.53. The van der Waals surface area contributed by atoms with E-state index < -0.39 is 11.7 Å². The highest BCUT2D eigenvalue weighted by Crippen LogP contribution is 2.26. The summed E-state index contributed by atoms with van der Waals surface area (Å²) in [5, 5.41) is -3.31. The van der Waals surface area contributed by atoms with Gasteiger partial charge in [0.15, 0.2) is 0 Å². The molecule has 0 aromatic carbocycles. The second-order valence-electron chi connectivity index (χ2n) is 1.30. The molecular weight excluding hydrogens is 156 g/mol. The van der Waals surface area contributed by atoms with Crippen LogP contribution in [-0.2, 0) is 4.74 Å². The standard InChI is InChI=1S/C4H6ClF3O/c1-2-9-4(5,8)3(6)7/h3H,2H2,1H3. The van der Waals surface area contributed by atoms with Crippen molar-refractivity contribution < 1.29 is 17.9 Å². The van der Waals surface area contributed by atoms with Gasteiger partial charge in [-0.2, -0.15) is 4.39 Å². The molecule has 0 rings (SSSR count). The number of halogens is 4. The van der Waals surface area contributed by atoms with Crippen LogP contribution >= 0.6 is 11.6 Å². The summed E-state index contributed by atoms with van der Waals surface area (Å²) in [4.78, 5) is 0. The summed E-state index contributed by atoms with van der Waals surface area (Å²) in [5.74, 6) is 0. The van der Waals surface area contributed by atoms with Crippen molar-refractivity contribution in [3.63, 3.8) is 0 Å². The van der Waals surface area contributed by atoms with Gasteiger partial charge in [-0.25, -0.2) is 8.78 Å². The minimum atomic E-state index is -3.31. The van der Waals surface area contributed by atoms with Gasteiger partial charge in [-0.3, -0.25) is 0 Å². The molecule has 0 amide bonds. The first kappa shape index (κ1) is 9.04. The smallest absolute Gasteiger partial charge is 0.330 e. The van der Waals surface area contributed by atoms with E-state index in [0.29, 0.717) is 0 Å². The van der Waals surface area contributed by atoms with Crippen LogP contribution in [0.5, 0.6) is 0 Å². The SMILES string of the molecule is CCOC(F)(Cl)C(F)F. The van der Waals surface area contributed by atoms with Gasteiger partial charge in [-0.05, 0) is 18.5 Å². The van der Waals surface area contributed by atoms with Crippen molar-refractivity contribution in [1.82, 2.24) is 0 Å². The first-order valence-corrected chi connectivity index (χ1v) is 2.68. The van der Waals surface area contributed by atoms with E-state index in [1.165, 1.54) is 6.92 Å². The molecular formula is C4H6ClF3O. The zero-order chi connectivity index (χ0) is 7.49. The average Bonchev–Trinajstić information content (AvgIpc) is 1.65. The summed E-state index contributed by atoms with van der Waals surface area (Å²) in [7, 11) is 0. The van der Waals surface area contributed by atoms with Gasteiger partial charge in [0.25, 0.3) is 0 Å². The second kappa shape index (κ2) is 3.27. The maximum Gasteiger partial charge on any atom is 0.347 e. The molecule has 0 N–H and O–H groups in total. The number of hydrogen-bond donors (Lipinski definition) is 0. The van der Waals surface area contributed by atoms with Crippen molar-refractivity contribution in [2.45, 2.75) is 18.7 Å². The Hall–Kier alpha value is 0.0400. The van der Waals surface area contributed by atoms with E-state index in [1.54, 1.807) is 0 Å². The maximum absolute atomic E-state index is 12.0. The molecule has 5 heteroatoms. The van der Waals surface area contributed by atoms with Gasteiger partial charge in [0.2, 0.25) is 0 Å². The van der Waals surface area contributed by atoms with Crippen molar-refractivity contribution in [3.8, 4) is 0 Å². The molecule has 0 bridgehead atoms. The highest BCUT2D eigenvalue weighted by molar-refractivity contribution is 6.22. The van der Waals surface area contributed by atoms with E-state index in [0.717, 1.165) is 0 Å². The normalized spacial score (nSPS) is 18.0. The van der Waals surface area contributed by atoms with Crippen LogP contribution in [0.1, 0.15) is 6.92 Å². The third kappa shape index (κ3) is 2.91. The maximum atomic E-state index is 12.0. The van der Waals surface area contributed by atoms with Crippen LogP contribution < -0.4 is 0 Å². The van der Waals surface area contributed by atoms with Crippen molar-refractivity contribution in [2.75, 3.05) is 6.61 Å². The zero-order valence-corrected chi connectivity index (χ0v) is 5.46. The fourth-order valence-electron chi connectivity index (χ4n) is 0.255. The van der Waals surface area contributed by atoms with Gasteiger partial charge in [-0.1, -0.05) is 0 Å². The van der Waals surface area contributed by atoms with Gasteiger partial charge in [-0.15, -0.1) is 0 Å². The molecule has 1 nitrogen and oxygen atoms in total. The molecule has 56 valence electrons. The Labute approximate surface area is 55.7 Å². The minimum Gasteiger partial charge on any atom is -0.330 e. The molecule has 0 aliphatic heterocycles. The van der Waals surface area contributed by atoms with E-state index in [-0.39, 0.29) is 6.61 Å². The van der Waals surface area contributed by atoms with Crippen molar-refractivity contribution >= 4 is 11.6 Å². The molecule has 0 radical (unpaired) electrons. The third-order valence-electron chi connectivity index (χ3n) is 0.591. The highest BCUT2D eigenvalue weighted by Gasteiger charge is 2.38. The predicted octanol–water partition coefficient (Wildman–Crippen LogP) is 2.15. The van der Waals surface area contributed by atoms with Crippen LogP contribution in [0.25, 0.3) is 0 Å². The molecule has 0 saturated carbocycles. The fraction of sp³-hybridized carbons (Fsp3) is 1.00. The Kier molecular flexibility index (Phi) is 3.28. The van der Waals surface area contributed by atoms with Crippen LogP contribution in [0.4, 0.5) is 13.2 Å².